The minimum Gasteiger partial charge on any atom is -0.504 e. The molecule has 0 unspecified atom stereocenters. The van der Waals surface area contributed by atoms with Crippen LogP contribution in [0.15, 0.2) is 48.5 Å². The van der Waals surface area contributed by atoms with E-state index in [-0.39, 0.29) is 17.3 Å². The van der Waals surface area contributed by atoms with Gasteiger partial charge in [0, 0.05) is 25.2 Å². The Labute approximate surface area is 164 Å². The van der Waals surface area contributed by atoms with Crippen LogP contribution < -0.4 is 9.47 Å². The fourth-order valence-electron chi connectivity index (χ4n) is 2.89. The molecular weight excluding hydrogens is 358 g/mol. The molecule has 0 radical (unpaired) electrons. The van der Waals surface area contributed by atoms with Gasteiger partial charge in [-0.1, -0.05) is 18.2 Å². The fraction of sp³-hybridized carbons (Fsp3) is 0.318. The number of methoxy groups -OCH3 is 1. The summed E-state index contributed by atoms with van der Waals surface area (Å²) in [6.07, 6.45) is 3.25. The van der Waals surface area contributed by atoms with E-state index in [0.29, 0.717) is 12.2 Å². The standard InChI is InChI=1S/C22H25NO5/c1-26-22-16-18(5-9-21(22)25)20(24)8-4-17-2-6-19(7-3-17)28-15-12-23-10-13-27-14-11-23/h2-9,16,25H,10-15H2,1H3/b8-4+. The first-order valence-corrected chi connectivity index (χ1v) is 9.28. The molecule has 0 bridgehead atoms. The maximum Gasteiger partial charge on any atom is 0.185 e. The second-order valence-corrected chi connectivity index (χ2v) is 6.46. The Morgan fingerprint density at radius 2 is 1.93 bits per heavy atom. The first kappa shape index (κ1) is 19.9. The van der Waals surface area contributed by atoms with Crippen LogP contribution in [0.5, 0.6) is 17.2 Å². The van der Waals surface area contributed by atoms with Gasteiger partial charge in [0.2, 0.25) is 0 Å². The molecule has 6 heteroatoms. The first-order chi connectivity index (χ1) is 13.7. The summed E-state index contributed by atoms with van der Waals surface area (Å²) in [4.78, 5) is 14.6. The van der Waals surface area contributed by atoms with Crippen LogP contribution in [0.1, 0.15) is 15.9 Å². The molecule has 1 aliphatic rings. The van der Waals surface area contributed by atoms with Gasteiger partial charge in [-0.3, -0.25) is 9.69 Å². The largest absolute Gasteiger partial charge is 0.504 e. The molecular formula is C22H25NO5. The Hall–Kier alpha value is -2.83. The van der Waals surface area contributed by atoms with Crippen molar-refractivity contribution in [3.05, 3.63) is 59.7 Å². The number of hydrogen-bond acceptors (Lipinski definition) is 6. The van der Waals surface area contributed by atoms with E-state index >= 15 is 0 Å². The first-order valence-electron chi connectivity index (χ1n) is 9.28. The highest BCUT2D eigenvalue weighted by molar-refractivity contribution is 6.07. The summed E-state index contributed by atoms with van der Waals surface area (Å²) in [6, 6.07) is 12.1. The van der Waals surface area contributed by atoms with Gasteiger partial charge in [0.1, 0.15) is 12.4 Å². The summed E-state index contributed by atoms with van der Waals surface area (Å²) in [5.41, 5.74) is 1.36. The topological polar surface area (TPSA) is 68.2 Å². The van der Waals surface area contributed by atoms with E-state index in [0.717, 1.165) is 44.2 Å². The van der Waals surface area contributed by atoms with Crippen LogP contribution in [0, 0.1) is 0 Å². The molecule has 1 saturated heterocycles. The minimum atomic E-state index is -0.163. The van der Waals surface area contributed by atoms with E-state index in [4.69, 9.17) is 14.2 Å². The SMILES string of the molecule is COc1cc(C(=O)/C=C/c2ccc(OCCN3CCOCC3)cc2)ccc1O. The number of ketones is 1. The Bertz CT molecular complexity index is 810. The third-order valence-electron chi connectivity index (χ3n) is 4.55. The molecule has 2 aromatic rings. The lowest BCUT2D eigenvalue weighted by Gasteiger charge is -2.26. The molecule has 0 spiro atoms. The Kier molecular flexibility index (Phi) is 7.06. The van der Waals surface area contributed by atoms with Gasteiger partial charge in [-0.15, -0.1) is 0 Å². The van der Waals surface area contributed by atoms with Crippen LogP contribution in [0.25, 0.3) is 6.08 Å². The number of allylic oxidation sites excluding steroid dienone is 1. The van der Waals surface area contributed by atoms with Gasteiger partial charge in [0.05, 0.1) is 20.3 Å². The molecule has 3 rings (SSSR count). The van der Waals surface area contributed by atoms with Crippen molar-refractivity contribution in [2.24, 2.45) is 0 Å². The lowest BCUT2D eigenvalue weighted by molar-refractivity contribution is 0.0322. The van der Waals surface area contributed by atoms with Gasteiger partial charge < -0.3 is 19.3 Å². The number of aromatic hydroxyl groups is 1. The molecule has 148 valence electrons. The zero-order chi connectivity index (χ0) is 19.8. The molecule has 28 heavy (non-hydrogen) atoms. The number of hydrogen-bond donors (Lipinski definition) is 1. The molecule has 0 aromatic heterocycles. The summed E-state index contributed by atoms with van der Waals surface area (Å²) in [7, 11) is 1.45. The number of phenols is 1. The molecule has 1 aliphatic heterocycles. The van der Waals surface area contributed by atoms with Crippen molar-refractivity contribution >= 4 is 11.9 Å². The van der Waals surface area contributed by atoms with Crippen molar-refractivity contribution in [3.8, 4) is 17.2 Å². The molecule has 0 atom stereocenters. The highest BCUT2D eigenvalue weighted by Crippen LogP contribution is 2.26. The third kappa shape index (κ3) is 5.58. The number of carbonyl (C=O) groups is 1. The number of carbonyl (C=O) groups excluding carboxylic acids is 1. The predicted molar refractivity (Wildman–Crippen MR) is 107 cm³/mol. The van der Waals surface area contributed by atoms with Crippen LogP contribution in [0.2, 0.25) is 0 Å². The van der Waals surface area contributed by atoms with Crippen molar-refractivity contribution < 1.29 is 24.1 Å². The normalized spacial score (nSPS) is 14.9. The second kappa shape index (κ2) is 9.92. The van der Waals surface area contributed by atoms with E-state index in [1.165, 1.54) is 25.3 Å². The van der Waals surface area contributed by atoms with Crippen molar-refractivity contribution in [3.63, 3.8) is 0 Å². The van der Waals surface area contributed by atoms with Crippen LogP contribution in [0.4, 0.5) is 0 Å². The van der Waals surface area contributed by atoms with Gasteiger partial charge >= 0.3 is 0 Å². The summed E-state index contributed by atoms with van der Waals surface area (Å²) < 4.78 is 16.1. The summed E-state index contributed by atoms with van der Waals surface area (Å²) in [6.45, 7) is 5.00. The van der Waals surface area contributed by atoms with Gasteiger partial charge in [-0.25, -0.2) is 0 Å². The molecule has 1 fully saturated rings. The Morgan fingerprint density at radius 1 is 1.18 bits per heavy atom. The number of phenolic OH excluding ortho intramolecular Hbond substituents is 1. The molecule has 0 aliphatic carbocycles. The number of ether oxygens (including phenoxy) is 3. The van der Waals surface area contributed by atoms with Crippen LogP contribution in [-0.4, -0.2) is 62.4 Å². The number of benzene rings is 2. The average Bonchev–Trinajstić information content (AvgIpc) is 2.74. The minimum absolute atomic E-state index is 0.00670. The van der Waals surface area contributed by atoms with Crippen LogP contribution in [-0.2, 0) is 4.74 Å². The highest BCUT2D eigenvalue weighted by Gasteiger charge is 2.10. The van der Waals surface area contributed by atoms with Crippen molar-refractivity contribution in [1.82, 2.24) is 4.90 Å². The number of rotatable bonds is 8. The Balaban J connectivity index is 1.51. The monoisotopic (exact) mass is 383 g/mol. The van der Waals surface area contributed by atoms with Gasteiger partial charge in [-0.2, -0.15) is 0 Å². The molecule has 1 heterocycles. The summed E-state index contributed by atoms with van der Waals surface area (Å²) in [5, 5.41) is 9.61. The molecule has 0 amide bonds. The fourth-order valence-corrected chi connectivity index (χ4v) is 2.89. The quantitative estimate of drug-likeness (QED) is 0.558. The van der Waals surface area contributed by atoms with E-state index in [1.807, 2.05) is 24.3 Å². The summed E-state index contributed by atoms with van der Waals surface area (Å²) >= 11 is 0. The molecule has 0 saturated carbocycles. The molecule has 6 nitrogen and oxygen atoms in total. The van der Waals surface area contributed by atoms with E-state index in [2.05, 4.69) is 4.90 Å². The van der Waals surface area contributed by atoms with Crippen molar-refractivity contribution in [2.75, 3.05) is 46.6 Å². The lowest BCUT2D eigenvalue weighted by atomic mass is 10.1. The van der Waals surface area contributed by atoms with Crippen LogP contribution >= 0.6 is 0 Å². The van der Waals surface area contributed by atoms with Gasteiger partial charge in [0.15, 0.2) is 17.3 Å². The van der Waals surface area contributed by atoms with E-state index in [1.54, 1.807) is 12.1 Å². The van der Waals surface area contributed by atoms with Crippen molar-refractivity contribution in [1.29, 1.82) is 0 Å². The highest BCUT2D eigenvalue weighted by atomic mass is 16.5. The predicted octanol–water partition coefficient (Wildman–Crippen LogP) is 3.01. The van der Waals surface area contributed by atoms with Crippen molar-refractivity contribution in [2.45, 2.75) is 0 Å². The third-order valence-corrected chi connectivity index (χ3v) is 4.55. The van der Waals surface area contributed by atoms with E-state index in [9.17, 15) is 9.90 Å². The number of morpholine rings is 1. The zero-order valence-corrected chi connectivity index (χ0v) is 16.0. The zero-order valence-electron chi connectivity index (χ0n) is 16.0. The average molecular weight is 383 g/mol. The Morgan fingerprint density at radius 3 is 2.64 bits per heavy atom. The van der Waals surface area contributed by atoms with Gasteiger partial charge in [0.25, 0.3) is 0 Å². The maximum atomic E-state index is 12.3. The van der Waals surface area contributed by atoms with E-state index < -0.39 is 0 Å². The maximum absolute atomic E-state index is 12.3. The number of nitrogens with zero attached hydrogens (tertiary/aromatic N) is 1. The lowest BCUT2D eigenvalue weighted by Crippen LogP contribution is -2.38. The summed E-state index contributed by atoms with van der Waals surface area (Å²) in [5.74, 6) is 0.925. The molecule has 1 N–H and O–H groups in total. The smallest absolute Gasteiger partial charge is 0.185 e. The second-order valence-electron chi connectivity index (χ2n) is 6.46. The van der Waals surface area contributed by atoms with Gasteiger partial charge in [-0.05, 0) is 42.0 Å². The molecule has 2 aromatic carbocycles. The van der Waals surface area contributed by atoms with Crippen LogP contribution in [0.3, 0.4) is 0 Å².